The summed E-state index contributed by atoms with van der Waals surface area (Å²) in [6, 6.07) is 3.24. The Hall–Kier alpha value is -1.27. The van der Waals surface area contributed by atoms with E-state index < -0.39 is 33.2 Å². The SMILES string of the molecule is O=S1CCN(S(=O)(=O)c2ccc(F)cc2C#CCO)CC1. The number of benzene rings is 1. The van der Waals surface area contributed by atoms with Gasteiger partial charge in [0.05, 0.1) is 4.90 Å². The van der Waals surface area contributed by atoms with Crippen LogP contribution >= 0.6 is 0 Å². The van der Waals surface area contributed by atoms with Crippen molar-refractivity contribution < 1.29 is 22.1 Å². The molecule has 0 aromatic heterocycles. The number of sulfonamides is 1. The molecule has 0 radical (unpaired) electrons. The Morgan fingerprint density at radius 3 is 2.62 bits per heavy atom. The quantitative estimate of drug-likeness (QED) is 0.770. The minimum absolute atomic E-state index is 0.00995. The van der Waals surface area contributed by atoms with E-state index in [1.54, 1.807) is 0 Å². The van der Waals surface area contributed by atoms with Crippen LogP contribution in [-0.2, 0) is 20.8 Å². The molecule has 0 bridgehead atoms. The topological polar surface area (TPSA) is 74.7 Å². The van der Waals surface area contributed by atoms with Crippen LogP contribution < -0.4 is 0 Å². The number of hydrogen-bond donors (Lipinski definition) is 1. The number of halogens is 1. The van der Waals surface area contributed by atoms with Crippen molar-refractivity contribution in [2.45, 2.75) is 4.90 Å². The molecule has 114 valence electrons. The summed E-state index contributed by atoms with van der Waals surface area (Å²) in [7, 11) is -4.81. The van der Waals surface area contributed by atoms with Gasteiger partial charge in [-0.25, -0.2) is 12.8 Å². The van der Waals surface area contributed by atoms with E-state index >= 15 is 0 Å². The van der Waals surface area contributed by atoms with Gasteiger partial charge in [-0.05, 0) is 18.2 Å². The lowest BCUT2D eigenvalue weighted by atomic mass is 10.2. The summed E-state index contributed by atoms with van der Waals surface area (Å²) >= 11 is 0. The van der Waals surface area contributed by atoms with Crippen LogP contribution in [0.1, 0.15) is 5.56 Å². The Kier molecular flexibility index (Phi) is 5.11. The Bertz CT molecular complexity index is 711. The van der Waals surface area contributed by atoms with Crippen LogP contribution in [0.4, 0.5) is 4.39 Å². The van der Waals surface area contributed by atoms with E-state index in [-0.39, 0.29) is 35.1 Å². The van der Waals surface area contributed by atoms with E-state index in [0.717, 1.165) is 18.2 Å². The second kappa shape index (κ2) is 6.66. The third kappa shape index (κ3) is 3.68. The van der Waals surface area contributed by atoms with Crippen LogP contribution in [0.5, 0.6) is 0 Å². The summed E-state index contributed by atoms with van der Waals surface area (Å²) in [6.45, 7) is -0.114. The maximum atomic E-state index is 13.3. The van der Waals surface area contributed by atoms with Gasteiger partial charge >= 0.3 is 0 Å². The lowest BCUT2D eigenvalue weighted by Gasteiger charge is -2.26. The molecule has 0 saturated carbocycles. The Labute approximate surface area is 125 Å². The van der Waals surface area contributed by atoms with Gasteiger partial charge < -0.3 is 5.11 Å². The normalized spacial score (nSPS) is 17.2. The third-order valence-corrected chi connectivity index (χ3v) is 6.23. The molecule has 0 unspecified atom stereocenters. The molecule has 0 aliphatic carbocycles. The molecule has 0 amide bonds. The third-order valence-electron chi connectivity index (χ3n) is 3.00. The highest BCUT2D eigenvalue weighted by atomic mass is 32.2. The highest BCUT2D eigenvalue weighted by Crippen LogP contribution is 2.22. The molecule has 1 aliphatic rings. The summed E-state index contributed by atoms with van der Waals surface area (Å²) in [5.41, 5.74) is 0.00995. The fourth-order valence-electron chi connectivity index (χ4n) is 1.96. The van der Waals surface area contributed by atoms with Crippen LogP contribution in [0.15, 0.2) is 23.1 Å². The van der Waals surface area contributed by atoms with Crippen molar-refractivity contribution in [2.24, 2.45) is 0 Å². The Morgan fingerprint density at radius 2 is 2.00 bits per heavy atom. The van der Waals surface area contributed by atoms with Crippen LogP contribution in [0.3, 0.4) is 0 Å². The molecule has 0 atom stereocenters. The average molecular weight is 331 g/mol. The number of nitrogens with zero attached hydrogens (tertiary/aromatic N) is 1. The predicted octanol–water partition coefficient (Wildman–Crippen LogP) is -0.0775. The molecule has 21 heavy (non-hydrogen) atoms. The van der Waals surface area contributed by atoms with Crippen molar-refractivity contribution in [3.8, 4) is 11.8 Å². The fraction of sp³-hybridized carbons (Fsp3) is 0.385. The average Bonchev–Trinajstić information content (AvgIpc) is 2.45. The molecule has 1 aromatic carbocycles. The Balaban J connectivity index is 2.42. The van der Waals surface area contributed by atoms with E-state index in [1.165, 1.54) is 4.31 Å². The highest BCUT2D eigenvalue weighted by molar-refractivity contribution is 7.89. The number of aliphatic hydroxyl groups is 1. The zero-order chi connectivity index (χ0) is 15.5. The smallest absolute Gasteiger partial charge is 0.244 e. The standard InChI is InChI=1S/C13H14FNO4S2/c14-12-3-4-13(11(10-12)2-1-7-16)21(18,19)15-5-8-20(17)9-6-15/h3-4,10,16H,5-9H2. The van der Waals surface area contributed by atoms with E-state index in [4.69, 9.17) is 5.11 Å². The van der Waals surface area contributed by atoms with Crippen LogP contribution in [0, 0.1) is 17.7 Å². The van der Waals surface area contributed by atoms with Gasteiger partial charge in [0.15, 0.2) is 0 Å². The van der Waals surface area contributed by atoms with Crippen molar-refractivity contribution in [2.75, 3.05) is 31.2 Å². The number of rotatable bonds is 2. The van der Waals surface area contributed by atoms with Gasteiger partial charge in [-0.3, -0.25) is 4.21 Å². The monoisotopic (exact) mass is 331 g/mol. The van der Waals surface area contributed by atoms with Gasteiger partial charge in [-0.1, -0.05) is 11.8 Å². The van der Waals surface area contributed by atoms with E-state index in [0.29, 0.717) is 0 Å². The predicted molar refractivity (Wildman–Crippen MR) is 77.0 cm³/mol. The molecular formula is C13H14FNO4S2. The number of aliphatic hydroxyl groups excluding tert-OH is 1. The van der Waals surface area contributed by atoms with Crippen molar-refractivity contribution in [3.05, 3.63) is 29.6 Å². The van der Waals surface area contributed by atoms with Crippen molar-refractivity contribution >= 4 is 20.8 Å². The van der Waals surface area contributed by atoms with Gasteiger partial charge in [-0.2, -0.15) is 4.31 Å². The summed E-state index contributed by atoms with van der Waals surface area (Å²) in [4.78, 5) is -0.0995. The lowest BCUT2D eigenvalue weighted by molar-refractivity contribution is 0.350. The number of hydrogen-bond acceptors (Lipinski definition) is 4. The molecule has 1 N–H and O–H groups in total. The molecule has 1 heterocycles. The van der Waals surface area contributed by atoms with Gasteiger partial charge in [0.1, 0.15) is 12.4 Å². The molecule has 8 heteroatoms. The second-order valence-corrected chi connectivity index (χ2v) is 7.96. The van der Waals surface area contributed by atoms with Gasteiger partial charge in [0.25, 0.3) is 0 Å². The molecule has 2 rings (SSSR count). The fourth-order valence-corrected chi connectivity index (χ4v) is 4.81. The minimum atomic E-state index is -3.82. The summed E-state index contributed by atoms with van der Waals surface area (Å²) in [5, 5.41) is 8.71. The second-order valence-electron chi connectivity index (χ2n) is 4.35. The molecule has 5 nitrogen and oxygen atoms in total. The molecule has 1 saturated heterocycles. The zero-order valence-corrected chi connectivity index (χ0v) is 12.7. The first-order valence-electron chi connectivity index (χ1n) is 6.19. The van der Waals surface area contributed by atoms with Crippen molar-refractivity contribution in [3.63, 3.8) is 0 Å². The van der Waals surface area contributed by atoms with E-state index in [9.17, 15) is 17.0 Å². The molecular weight excluding hydrogens is 317 g/mol. The molecule has 1 aliphatic heterocycles. The molecule has 1 aromatic rings. The Morgan fingerprint density at radius 1 is 1.33 bits per heavy atom. The van der Waals surface area contributed by atoms with Crippen LogP contribution in [0.25, 0.3) is 0 Å². The summed E-state index contributed by atoms with van der Waals surface area (Å²) in [6.07, 6.45) is 0. The van der Waals surface area contributed by atoms with Gasteiger partial charge in [0.2, 0.25) is 10.0 Å². The highest BCUT2D eigenvalue weighted by Gasteiger charge is 2.29. The zero-order valence-electron chi connectivity index (χ0n) is 11.1. The van der Waals surface area contributed by atoms with Crippen molar-refractivity contribution in [1.29, 1.82) is 0 Å². The maximum absolute atomic E-state index is 13.3. The first-order valence-corrected chi connectivity index (χ1v) is 9.12. The van der Waals surface area contributed by atoms with E-state index in [1.807, 2.05) is 0 Å². The van der Waals surface area contributed by atoms with Gasteiger partial charge in [-0.15, -0.1) is 0 Å². The molecule has 1 fully saturated rings. The van der Waals surface area contributed by atoms with Gasteiger partial charge in [0, 0.05) is 41.0 Å². The first-order chi connectivity index (χ1) is 9.95. The van der Waals surface area contributed by atoms with Crippen LogP contribution in [0.2, 0.25) is 0 Å². The van der Waals surface area contributed by atoms with Crippen molar-refractivity contribution in [1.82, 2.24) is 4.31 Å². The molecule has 0 spiro atoms. The first kappa shape index (κ1) is 16.1. The summed E-state index contributed by atoms with van der Waals surface area (Å²) in [5.74, 6) is 4.75. The van der Waals surface area contributed by atoms with E-state index in [2.05, 4.69) is 11.8 Å². The summed E-state index contributed by atoms with van der Waals surface area (Å²) < 4.78 is 50.9. The van der Waals surface area contributed by atoms with Crippen LogP contribution in [-0.4, -0.2) is 53.2 Å². The maximum Gasteiger partial charge on any atom is 0.244 e. The largest absolute Gasteiger partial charge is 0.384 e. The lowest BCUT2D eigenvalue weighted by Crippen LogP contribution is -2.41. The minimum Gasteiger partial charge on any atom is -0.384 e.